The fraction of sp³-hybridized carbons (Fsp3) is 0.932. The lowest BCUT2D eigenvalue weighted by molar-refractivity contribution is -0.167. The first-order valence-corrected chi connectivity index (χ1v) is 21.9. The van der Waals surface area contributed by atoms with Gasteiger partial charge in [-0.05, 0) is 25.2 Å². The Kier molecular flexibility index (Phi) is 37.4. The van der Waals surface area contributed by atoms with Crippen LogP contribution in [0.3, 0.4) is 0 Å². The highest BCUT2D eigenvalue weighted by molar-refractivity contribution is 5.71. The largest absolute Gasteiger partial charge is 0.462 e. The third-order valence-electron chi connectivity index (χ3n) is 10.2. The third kappa shape index (κ3) is 36.2. The van der Waals surface area contributed by atoms with Gasteiger partial charge in [-0.15, -0.1) is 0 Å². The zero-order chi connectivity index (χ0) is 36.8. The molecule has 2 atom stereocenters. The monoisotopic (exact) mass is 709 g/mol. The molecule has 0 aliphatic rings. The summed E-state index contributed by atoms with van der Waals surface area (Å²) in [6.07, 6.45) is 36.8. The first-order valence-electron chi connectivity index (χ1n) is 21.9. The first-order chi connectivity index (χ1) is 24.4. The summed E-state index contributed by atoms with van der Waals surface area (Å²) in [5, 5.41) is 0. The van der Waals surface area contributed by atoms with Crippen molar-refractivity contribution >= 4 is 17.9 Å². The van der Waals surface area contributed by atoms with E-state index in [0.29, 0.717) is 19.3 Å². The minimum absolute atomic E-state index is 0.0652. The van der Waals surface area contributed by atoms with Crippen molar-refractivity contribution < 1.29 is 28.6 Å². The fourth-order valence-corrected chi connectivity index (χ4v) is 6.42. The standard InChI is InChI=1S/C44H84O6/c1-5-8-10-12-13-14-15-16-17-22-25-29-33-37-44(47)50-41(38-48-42(45)35-31-26-11-9-6-2)39-49-43(46)36-32-28-24-21-19-18-20-23-27-30-34-40(4)7-3/h40-41H,5-39H2,1-4H3/t40?,41-/m0/s1. The predicted molar refractivity (Wildman–Crippen MR) is 210 cm³/mol. The van der Waals surface area contributed by atoms with E-state index in [4.69, 9.17) is 14.2 Å². The Balaban J connectivity index is 4.21. The van der Waals surface area contributed by atoms with Crippen LogP contribution in [0.1, 0.15) is 240 Å². The van der Waals surface area contributed by atoms with Crippen molar-refractivity contribution in [3.63, 3.8) is 0 Å². The quantitative estimate of drug-likeness (QED) is 0.0359. The van der Waals surface area contributed by atoms with Crippen molar-refractivity contribution in [2.24, 2.45) is 5.92 Å². The number of ether oxygens (including phenoxy) is 3. The highest BCUT2D eigenvalue weighted by Gasteiger charge is 2.19. The Morgan fingerprint density at radius 2 is 0.700 bits per heavy atom. The lowest BCUT2D eigenvalue weighted by atomic mass is 9.99. The second kappa shape index (κ2) is 38.6. The number of carbonyl (C=O) groups excluding carboxylic acids is 3. The summed E-state index contributed by atoms with van der Waals surface area (Å²) in [5.74, 6) is -0.000650. The van der Waals surface area contributed by atoms with E-state index in [9.17, 15) is 14.4 Å². The highest BCUT2D eigenvalue weighted by atomic mass is 16.6. The van der Waals surface area contributed by atoms with E-state index in [1.54, 1.807) is 0 Å². The van der Waals surface area contributed by atoms with Crippen LogP contribution in [0, 0.1) is 5.92 Å². The van der Waals surface area contributed by atoms with Gasteiger partial charge in [0.05, 0.1) is 0 Å². The van der Waals surface area contributed by atoms with Gasteiger partial charge >= 0.3 is 17.9 Å². The Hall–Kier alpha value is -1.59. The van der Waals surface area contributed by atoms with Crippen molar-refractivity contribution in [1.82, 2.24) is 0 Å². The van der Waals surface area contributed by atoms with Gasteiger partial charge in [-0.1, -0.05) is 201 Å². The molecule has 296 valence electrons. The predicted octanol–water partition coefficient (Wildman–Crippen LogP) is 13.6. The van der Waals surface area contributed by atoms with Crippen LogP contribution in [-0.4, -0.2) is 37.2 Å². The summed E-state index contributed by atoms with van der Waals surface area (Å²) in [4.78, 5) is 37.4. The van der Waals surface area contributed by atoms with Crippen LogP contribution in [0.25, 0.3) is 0 Å². The van der Waals surface area contributed by atoms with Gasteiger partial charge in [0.25, 0.3) is 0 Å². The van der Waals surface area contributed by atoms with E-state index < -0.39 is 6.10 Å². The van der Waals surface area contributed by atoms with Gasteiger partial charge in [-0.25, -0.2) is 0 Å². The average Bonchev–Trinajstić information content (AvgIpc) is 3.11. The molecule has 1 unspecified atom stereocenters. The van der Waals surface area contributed by atoms with Crippen molar-refractivity contribution in [1.29, 1.82) is 0 Å². The Bertz CT molecular complexity index is 753. The average molecular weight is 709 g/mol. The van der Waals surface area contributed by atoms with Gasteiger partial charge < -0.3 is 14.2 Å². The molecule has 0 spiro atoms. The van der Waals surface area contributed by atoms with E-state index in [1.165, 1.54) is 128 Å². The lowest BCUT2D eigenvalue weighted by Crippen LogP contribution is -2.30. The molecule has 6 nitrogen and oxygen atoms in total. The summed E-state index contributed by atoms with van der Waals surface area (Å²) in [5.41, 5.74) is 0. The van der Waals surface area contributed by atoms with Crippen molar-refractivity contribution in [2.45, 2.75) is 246 Å². The lowest BCUT2D eigenvalue weighted by Gasteiger charge is -2.18. The van der Waals surface area contributed by atoms with Crippen LogP contribution in [0.15, 0.2) is 0 Å². The number of hydrogen-bond acceptors (Lipinski definition) is 6. The van der Waals surface area contributed by atoms with Crippen LogP contribution in [0.2, 0.25) is 0 Å². The van der Waals surface area contributed by atoms with Gasteiger partial charge in [-0.3, -0.25) is 14.4 Å². The maximum atomic E-state index is 12.6. The minimum Gasteiger partial charge on any atom is -0.462 e. The molecule has 0 aromatic heterocycles. The van der Waals surface area contributed by atoms with E-state index in [1.807, 2.05) is 0 Å². The number of rotatable bonds is 39. The topological polar surface area (TPSA) is 78.9 Å². The van der Waals surface area contributed by atoms with Gasteiger partial charge in [0.1, 0.15) is 13.2 Å². The second-order valence-corrected chi connectivity index (χ2v) is 15.2. The molecular weight excluding hydrogens is 624 g/mol. The van der Waals surface area contributed by atoms with Gasteiger partial charge in [0, 0.05) is 19.3 Å². The molecule has 0 rings (SSSR count). The first kappa shape index (κ1) is 48.4. The third-order valence-corrected chi connectivity index (χ3v) is 10.2. The van der Waals surface area contributed by atoms with Crippen LogP contribution >= 0.6 is 0 Å². The Labute approximate surface area is 310 Å². The molecule has 0 amide bonds. The van der Waals surface area contributed by atoms with E-state index in [-0.39, 0.29) is 31.1 Å². The molecule has 0 aromatic carbocycles. The van der Waals surface area contributed by atoms with Crippen molar-refractivity contribution in [3.05, 3.63) is 0 Å². The Morgan fingerprint density at radius 1 is 0.400 bits per heavy atom. The minimum atomic E-state index is -0.757. The molecule has 0 fully saturated rings. The van der Waals surface area contributed by atoms with Crippen LogP contribution in [0.4, 0.5) is 0 Å². The summed E-state index contributed by atoms with van der Waals surface area (Å²) < 4.78 is 16.6. The molecule has 0 radical (unpaired) electrons. The summed E-state index contributed by atoms with van der Waals surface area (Å²) >= 11 is 0. The SMILES string of the molecule is CCCCCCCCCCCCCCCC(=O)O[C@@H](COC(=O)CCCCCCC)COC(=O)CCCCCCCCCCCCC(C)CC. The number of carbonyl (C=O) groups is 3. The van der Waals surface area contributed by atoms with Gasteiger partial charge in [-0.2, -0.15) is 0 Å². The number of unbranched alkanes of at least 4 members (excludes halogenated alkanes) is 25. The normalized spacial score (nSPS) is 12.5. The maximum absolute atomic E-state index is 12.6. The van der Waals surface area contributed by atoms with Crippen LogP contribution < -0.4 is 0 Å². The molecule has 0 aliphatic heterocycles. The molecule has 6 heteroatoms. The number of hydrogen-bond donors (Lipinski definition) is 0. The summed E-state index contributed by atoms with van der Waals surface area (Å²) in [6.45, 7) is 8.93. The molecule has 0 N–H and O–H groups in total. The van der Waals surface area contributed by atoms with E-state index in [0.717, 1.165) is 70.1 Å². The molecule has 0 aliphatic carbocycles. The van der Waals surface area contributed by atoms with Crippen LogP contribution in [0.5, 0.6) is 0 Å². The summed E-state index contributed by atoms with van der Waals surface area (Å²) in [7, 11) is 0. The molecule has 0 aromatic rings. The molecule has 0 saturated carbocycles. The Morgan fingerprint density at radius 3 is 1.04 bits per heavy atom. The summed E-state index contributed by atoms with van der Waals surface area (Å²) in [6, 6.07) is 0. The van der Waals surface area contributed by atoms with E-state index in [2.05, 4.69) is 27.7 Å². The molecule has 0 saturated heterocycles. The van der Waals surface area contributed by atoms with Crippen molar-refractivity contribution in [2.75, 3.05) is 13.2 Å². The van der Waals surface area contributed by atoms with Crippen molar-refractivity contribution in [3.8, 4) is 0 Å². The van der Waals surface area contributed by atoms with Gasteiger partial charge in [0.2, 0.25) is 0 Å². The molecule has 50 heavy (non-hydrogen) atoms. The number of esters is 3. The van der Waals surface area contributed by atoms with E-state index >= 15 is 0 Å². The molecule has 0 bridgehead atoms. The highest BCUT2D eigenvalue weighted by Crippen LogP contribution is 2.17. The smallest absolute Gasteiger partial charge is 0.306 e. The van der Waals surface area contributed by atoms with Gasteiger partial charge in [0.15, 0.2) is 6.10 Å². The second-order valence-electron chi connectivity index (χ2n) is 15.2. The zero-order valence-electron chi connectivity index (χ0n) is 33.9. The fourth-order valence-electron chi connectivity index (χ4n) is 6.42. The molecule has 0 heterocycles. The molecular formula is C44H84O6. The maximum Gasteiger partial charge on any atom is 0.306 e. The van der Waals surface area contributed by atoms with Crippen LogP contribution in [-0.2, 0) is 28.6 Å². The zero-order valence-corrected chi connectivity index (χ0v) is 33.9.